The van der Waals surface area contributed by atoms with E-state index in [1.165, 1.54) is 30.3 Å². The summed E-state index contributed by atoms with van der Waals surface area (Å²) in [4.78, 5) is 11.7. The number of nitrogens with zero attached hydrogens (tertiary/aromatic N) is 1. The van der Waals surface area contributed by atoms with Crippen molar-refractivity contribution < 1.29 is 27.9 Å². The highest BCUT2D eigenvalue weighted by Gasteiger charge is 2.33. The van der Waals surface area contributed by atoms with Crippen molar-refractivity contribution in [3.8, 4) is 16.9 Å². The molecule has 2 aromatic rings. The molecule has 0 aliphatic carbocycles. The van der Waals surface area contributed by atoms with Crippen molar-refractivity contribution >= 4 is 11.6 Å². The summed E-state index contributed by atoms with van der Waals surface area (Å²) >= 11 is 0. The number of anilines is 1. The molecule has 5 nitrogen and oxygen atoms in total. The van der Waals surface area contributed by atoms with Gasteiger partial charge in [0.1, 0.15) is 5.75 Å². The molecule has 0 saturated carbocycles. The Labute approximate surface area is 135 Å². The largest absolute Gasteiger partial charge is 0.573 e. The molecule has 8 heteroatoms. The smallest absolute Gasteiger partial charge is 0.405 e. The topological polar surface area (TPSA) is 75.8 Å². The highest BCUT2D eigenvalue weighted by molar-refractivity contribution is 5.98. The minimum absolute atomic E-state index is 0.182. The molecule has 0 aromatic heterocycles. The van der Waals surface area contributed by atoms with Gasteiger partial charge < -0.3 is 10.5 Å². The predicted octanol–water partition coefficient (Wildman–Crippen LogP) is 2.86. The number of nitrogens with two attached hydrogens (primary N) is 1. The fraction of sp³-hybridized carbons (Fsp3) is 0.188. The SMILES string of the molecule is N[C@H]1Cc2cc(-c3ccccc3OC(F)(F)F)ccc2N(O)C1=O. The lowest BCUT2D eigenvalue weighted by atomic mass is 9.94. The lowest BCUT2D eigenvalue weighted by Crippen LogP contribution is -2.47. The first kappa shape index (κ1) is 16.3. The number of hydrogen-bond acceptors (Lipinski definition) is 4. The average Bonchev–Trinajstić information content (AvgIpc) is 2.51. The number of para-hydroxylation sites is 1. The molecule has 0 saturated heterocycles. The highest BCUT2D eigenvalue weighted by atomic mass is 19.4. The van der Waals surface area contributed by atoms with Crippen molar-refractivity contribution in [2.75, 3.05) is 5.06 Å². The molecule has 0 unspecified atom stereocenters. The van der Waals surface area contributed by atoms with Crippen LogP contribution < -0.4 is 15.5 Å². The third-order valence-corrected chi connectivity index (χ3v) is 3.70. The van der Waals surface area contributed by atoms with Crippen LogP contribution in [0.4, 0.5) is 18.9 Å². The van der Waals surface area contributed by atoms with E-state index in [9.17, 15) is 23.2 Å². The van der Waals surface area contributed by atoms with Gasteiger partial charge in [-0.2, -0.15) is 5.06 Å². The molecule has 2 aromatic carbocycles. The van der Waals surface area contributed by atoms with E-state index in [1.54, 1.807) is 12.1 Å². The lowest BCUT2D eigenvalue weighted by Gasteiger charge is -2.28. The quantitative estimate of drug-likeness (QED) is 0.826. The van der Waals surface area contributed by atoms with E-state index >= 15 is 0 Å². The van der Waals surface area contributed by atoms with Gasteiger partial charge in [-0.15, -0.1) is 13.2 Å². The van der Waals surface area contributed by atoms with Gasteiger partial charge in [0.15, 0.2) is 0 Å². The molecule has 1 aliphatic rings. The normalized spacial score (nSPS) is 17.6. The van der Waals surface area contributed by atoms with Crippen LogP contribution in [0.5, 0.6) is 5.75 Å². The zero-order valence-electron chi connectivity index (χ0n) is 12.2. The van der Waals surface area contributed by atoms with Crippen molar-refractivity contribution in [1.82, 2.24) is 0 Å². The van der Waals surface area contributed by atoms with Gasteiger partial charge in [-0.1, -0.05) is 24.3 Å². The second kappa shape index (κ2) is 5.81. The number of ether oxygens (including phenoxy) is 1. The van der Waals surface area contributed by atoms with E-state index in [0.717, 1.165) is 0 Å². The maximum atomic E-state index is 12.5. The number of fused-ring (bicyclic) bond motifs is 1. The monoisotopic (exact) mass is 338 g/mol. The number of amides is 1. The molecular formula is C16H13F3N2O3. The van der Waals surface area contributed by atoms with Crippen LogP contribution in [0.15, 0.2) is 42.5 Å². The molecule has 0 radical (unpaired) electrons. The van der Waals surface area contributed by atoms with Gasteiger partial charge in [-0.25, -0.2) is 0 Å². The molecule has 3 N–H and O–H groups in total. The number of halogens is 3. The maximum Gasteiger partial charge on any atom is 0.573 e. The van der Waals surface area contributed by atoms with Gasteiger partial charge in [0.25, 0.3) is 5.91 Å². The van der Waals surface area contributed by atoms with Crippen LogP contribution in [0, 0.1) is 0 Å². The molecule has 126 valence electrons. The number of hydrogen-bond donors (Lipinski definition) is 2. The Morgan fingerprint density at radius 1 is 1.21 bits per heavy atom. The molecule has 3 rings (SSSR count). The highest BCUT2D eigenvalue weighted by Crippen LogP contribution is 2.36. The molecule has 1 aliphatic heterocycles. The number of hydroxylamine groups is 1. The summed E-state index contributed by atoms with van der Waals surface area (Å²) in [5.74, 6) is -0.960. The number of alkyl halides is 3. The van der Waals surface area contributed by atoms with Crippen LogP contribution in [0.25, 0.3) is 11.1 Å². The van der Waals surface area contributed by atoms with Gasteiger partial charge in [-0.3, -0.25) is 10.0 Å². The van der Waals surface area contributed by atoms with E-state index in [-0.39, 0.29) is 23.4 Å². The van der Waals surface area contributed by atoms with Crippen LogP contribution in [0.1, 0.15) is 5.56 Å². The van der Waals surface area contributed by atoms with Gasteiger partial charge in [-0.05, 0) is 35.7 Å². The van der Waals surface area contributed by atoms with E-state index < -0.39 is 18.3 Å². The van der Waals surface area contributed by atoms with Crippen molar-refractivity contribution in [1.29, 1.82) is 0 Å². The van der Waals surface area contributed by atoms with Crippen LogP contribution in [0.3, 0.4) is 0 Å². The lowest BCUT2D eigenvalue weighted by molar-refractivity contribution is -0.274. The summed E-state index contributed by atoms with van der Waals surface area (Å²) in [6.07, 6.45) is -4.62. The first-order valence-corrected chi connectivity index (χ1v) is 7.03. The number of rotatable bonds is 2. The summed E-state index contributed by atoms with van der Waals surface area (Å²) in [5.41, 5.74) is 7.19. The molecule has 0 fully saturated rings. The Balaban J connectivity index is 2.04. The molecular weight excluding hydrogens is 325 g/mol. The maximum absolute atomic E-state index is 12.5. The summed E-state index contributed by atoms with van der Waals surface area (Å²) in [5, 5.41) is 10.3. The Morgan fingerprint density at radius 2 is 1.92 bits per heavy atom. The fourth-order valence-electron chi connectivity index (χ4n) is 2.64. The standard InChI is InChI=1S/C16H13F3N2O3/c17-16(18,19)24-14-4-2-1-3-11(14)9-5-6-13-10(7-9)8-12(20)15(22)21(13)23/h1-7,12,23H,8,20H2/t12-/m0/s1. The number of carbonyl (C=O) groups is 1. The Hall–Kier alpha value is -2.58. The third-order valence-electron chi connectivity index (χ3n) is 3.70. The van der Waals surface area contributed by atoms with Gasteiger partial charge in [0, 0.05) is 5.56 Å². The van der Waals surface area contributed by atoms with E-state index in [1.807, 2.05) is 0 Å². The molecule has 1 heterocycles. The van der Waals surface area contributed by atoms with Crippen molar-refractivity contribution in [2.24, 2.45) is 5.73 Å². The van der Waals surface area contributed by atoms with Crippen LogP contribution in [0.2, 0.25) is 0 Å². The van der Waals surface area contributed by atoms with Crippen LogP contribution in [-0.2, 0) is 11.2 Å². The Kier molecular flexibility index (Phi) is 3.94. The molecule has 0 bridgehead atoms. The second-order valence-electron chi connectivity index (χ2n) is 5.35. The first-order valence-electron chi connectivity index (χ1n) is 7.03. The minimum Gasteiger partial charge on any atom is -0.405 e. The number of benzene rings is 2. The van der Waals surface area contributed by atoms with E-state index in [2.05, 4.69) is 4.74 Å². The zero-order valence-corrected chi connectivity index (χ0v) is 12.2. The zero-order chi connectivity index (χ0) is 17.5. The minimum atomic E-state index is -4.80. The van der Waals surface area contributed by atoms with Crippen molar-refractivity contribution in [2.45, 2.75) is 18.8 Å². The Bertz CT molecular complexity index is 792. The van der Waals surface area contributed by atoms with Gasteiger partial charge >= 0.3 is 6.36 Å². The number of carbonyl (C=O) groups excluding carboxylic acids is 1. The van der Waals surface area contributed by atoms with Crippen molar-refractivity contribution in [3.05, 3.63) is 48.0 Å². The third kappa shape index (κ3) is 3.06. The van der Waals surface area contributed by atoms with E-state index in [4.69, 9.17) is 5.73 Å². The predicted molar refractivity (Wildman–Crippen MR) is 79.5 cm³/mol. The summed E-state index contributed by atoms with van der Waals surface area (Å²) in [6, 6.07) is 9.38. The molecule has 1 amide bonds. The first-order chi connectivity index (χ1) is 11.3. The molecule has 1 atom stereocenters. The molecule has 0 spiro atoms. The molecule has 24 heavy (non-hydrogen) atoms. The second-order valence-corrected chi connectivity index (χ2v) is 5.35. The van der Waals surface area contributed by atoms with E-state index in [0.29, 0.717) is 16.2 Å². The van der Waals surface area contributed by atoms with Gasteiger partial charge in [0.05, 0.1) is 11.7 Å². The van der Waals surface area contributed by atoms with Crippen molar-refractivity contribution in [3.63, 3.8) is 0 Å². The Morgan fingerprint density at radius 3 is 2.62 bits per heavy atom. The fourth-order valence-corrected chi connectivity index (χ4v) is 2.64. The van der Waals surface area contributed by atoms with Crippen LogP contribution >= 0.6 is 0 Å². The summed E-state index contributed by atoms with van der Waals surface area (Å²) < 4.78 is 41.7. The summed E-state index contributed by atoms with van der Waals surface area (Å²) in [7, 11) is 0. The van der Waals surface area contributed by atoms with Crippen LogP contribution in [-0.4, -0.2) is 23.5 Å². The van der Waals surface area contributed by atoms with Gasteiger partial charge in [0.2, 0.25) is 0 Å². The summed E-state index contributed by atoms with van der Waals surface area (Å²) in [6.45, 7) is 0. The average molecular weight is 338 g/mol.